The summed E-state index contributed by atoms with van der Waals surface area (Å²) >= 11 is 6.28. The minimum absolute atomic E-state index is 0.0172. The molecule has 0 spiro atoms. The normalized spacial score (nSPS) is 20.5. The summed E-state index contributed by atoms with van der Waals surface area (Å²) in [6.45, 7) is 6.03. The van der Waals surface area contributed by atoms with E-state index in [1.807, 2.05) is 32.0 Å². The first-order valence-corrected chi connectivity index (χ1v) is 11.6. The molecule has 9 heteroatoms. The smallest absolute Gasteiger partial charge is 0.269 e. The van der Waals surface area contributed by atoms with Crippen molar-refractivity contribution in [3.63, 3.8) is 0 Å². The molecular formula is C24H29ClN4O4. The van der Waals surface area contributed by atoms with E-state index in [1.165, 1.54) is 0 Å². The molecule has 1 saturated heterocycles. The lowest BCUT2D eigenvalue weighted by molar-refractivity contribution is -0.384. The second kappa shape index (κ2) is 9.47. The van der Waals surface area contributed by atoms with Crippen molar-refractivity contribution in [3.8, 4) is 5.75 Å². The van der Waals surface area contributed by atoms with Crippen LogP contribution in [-0.2, 0) is 11.2 Å². The standard InChI is InChI=1S/C24H29ClN4O4/c1-4-15(2)26-24(30)19-12-16-11-18(29(31)32)6-7-20(16)28-10-9-27(14-22(19)28)21-13-17(25)5-8-23(21)33-3/h5-8,11,13,15,19,22H,4,9-10,12,14H2,1-3H3,(H,26,30)/t15-,19-,22+/m0/s1. The number of anilines is 2. The number of nitrogens with one attached hydrogen (secondary N) is 1. The van der Waals surface area contributed by atoms with E-state index < -0.39 is 0 Å². The fraction of sp³-hybridized carbons (Fsp3) is 0.458. The van der Waals surface area contributed by atoms with E-state index in [0.717, 1.165) is 29.1 Å². The van der Waals surface area contributed by atoms with Crippen molar-refractivity contribution in [2.45, 2.75) is 38.8 Å². The number of benzene rings is 2. The monoisotopic (exact) mass is 472 g/mol. The van der Waals surface area contributed by atoms with Crippen molar-refractivity contribution in [2.24, 2.45) is 5.92 Å². The maximum atomic E-state index is 13.3. The Morgan fingerprint density at radius 2 is 2.06 bits per heavy atom. The van der Waals surface area contributed by atoms with Crippen LogP contribution in [0, 0.1) is 16.0 Å². The number of piperazine rings is 1. The van der Waals surface area contributed by atoms with Crippen LogP contribution in [0.2, 0.25) is 5.02 Å². The third-order valence-electron chi connectivity index (χ3n) is 6.73. The maximum absolute atomic E-state index is 13.3. The molecule has 1 amide bonds. The Morgan fingerprint density at radius 3 is 2.76 bits per heavy atom. The minimum atomic E-state index is -0.385. The number of rotatable bonds is 6. The molecule has 1 fully saturated rings. The van der Waals surface area contributed by atoms with E-state index in [4.69, 9.17) is 16.3 Å². The predicted molar refractivity (Wildman–Crippen MR) is 130 cm³/mol. The van der Waals surface area contributed by atoms with E-state index in [-0.39, 0.29) is 34.5 Å². The van der Waals surface area contributed by atoms with Gasteiger partial charge in [-0.1, -0.05) is 18.5 Å². The molecule has 0 aliphatic carbocycles. The fourth-order valence-corrected chi connectivity index (χ4v) is 4.97. The van der Waals surface area contributed by atoms with Crippen LogP contribution < -0.4 is 19.9 Å². The first kappa shape index (κ1) is 23.2. The van der Waals surface area contributed by atoms with E-state index in [2.05, 4.69) is 15.1 Å². The SMILES string of the molecule is CC[C@H](C)NC(=O)[C@H]1Cc2cc([N+](=O)[O-])ccc2N2CCN(c3cc(Cl)ccc3OC)C[C@H]12. The molecule has 2 aromatic rings. The average Bonchev–Trinajstić information content (AvgIpc) is 2.82. The highest BCUT2D eigenvalue weighted by molar-refractivity contribution is 6.31. The first-order valence-electron chi connectivity index (χ1n) is 11.2. The molecule has 8 nitrogen and oxygen atoms in total. The molecule has 0 bridgehead atoms. The number of nitro benzene ring substituents is 1. The van der Waals surface area contributed by atoms with Crippen molar-refractivity contribution >= 4 is 34.6 Å². The largest absolute Gasteiger partial charge is 0.495 e. The zero-order valence-electron chi connectivity index (χ0n) is 19.1. The van der Waals surface area contributed by atoms with Crippen LogP contribution in [0.3, 0.4) is 0 Å². The zero-order chi connectivity index (χ0) is 23.7. The summed E-state index contributed by atoms with van der Waals surface area (Å²) in [5.41, 5.74) is 2.77. The first-order chi connectivity index (χ1) is 15.8. The number of nitro groups is 1. The number of nitrogens with zero attached hydrogens (tertiary/aromatic N) is 3. The number of fused-ring (bicyclic) bond motifs is 3. The van der Waals surface area contributed by atoms with Crippen LogP contribution in [-0.4, -0.2) is 49.7 Å². The molecule has 33 heavy (non-hydrogen) atoms. The number of hydrogen-bond donors (Lipinski definition) is 1. The molecule has 3 atom stereocenters. The minimum Gasteiger partial charge on any atom is -0.495 e. The number of ether oxygens (including phenoxy) is 1. The Bertz CT molecular complexity index is 1060. The van der Waals surface area contributed by atoms with Gasteiger partial charge in [-0.2, -0.15) is 0 Å². The average molecular weight is 473 g/mol. The Labute approximate surface area is 198 Å². The number of carbonyl (C=O) groups is 1. The van der Waals surface area contributed by atoms with Gasteiger partial charge in [0.15, 0.2) is 0 Å². The van der Waals surface area contributed by atoms with E-state index in [1.54, 1.807) is 25.3 Å². The van der Waals surface area contributed by atoms with Gasteiger partial charge in [-0.05, 0) is 49.6 Å². The van der Waals surface area contributed by atoms with E-state index in [0.29, 0.717) is 31.1 Å². The van der Waals surface area contributed by atoms with Crippen LogP contribution in [0.5, 0.6) is 5.75 Å². The topological polar surface area (TPSA) is 87.9 Å². The summed E-state index contributed by atoms with van der Waals surface area (Å²) in [7, 11) is 1.63. The molecule has 4 rings (SSSR count). The predicted octanol–water partition coefficient (Wildman–Crippen LogP) is 4.04. The highest BCUT2D eigenvalue weighted by Crippen LogP contribution is 2.40. The Kier molecular flexibility index (Phi) is 6.65. The van der Waals surface area contributed by atoms with Crippen molar-refractivity contribution in [2.75, 3.05) is 36.5 Å². The Balaban J connectivity index is 1.70. The van der Waals surface area contributed by atoms with Crippen molar-refractivity contribution in [3.05, 3.63) is 57.1 Å². The molecule has 0 unspecified atom stereocenters. The number of halogens is 1. The van der Waals surface area contributed by atoms with Gasteiger partial charge >= 0.3 is 0 Å². The van der Waals surface area contributed by atoms with Gasteiger partial charge in [-0.25, -0.2) is 0 Å². The number of carbonyl (C=O) groups excluding carboxylic acids is 1. The summed E-state index contributed by atoms with van der Waals surface area (Å²) in [6.07, 6.45) is 1.29. The number of hydrogen-bond acceptors (Lipinski definition) is 6. The Hall–Kier alpha value is -3.00. The summed E-state index contributed by atoms with van der Waals surface area (Å²) < 4.78 is 5.57. The lowest BCUT2D eigenvalue weighted by atomic mass is 9.83. The van der Waals surface area contributed by atoms with E-state index in [9.17, 15) is 14.9 Å². The van der Waals surface area contributed by atoms with Gasteiger partial charge in [-0.15, -0.1) is 0 Å². The van der Waals surface area contributed by atoms with Crippen molar-refractivity contribution < 1.29 is 14.5 Å². The highest BCUT2D eigenvalue weighted by Gasteiger charge is 2.42. The fourth-order valence-electron chi connectivity index (χ4n) is 4.80. The molecule has 2 aromatic carbocycles. The van der Waals surface area contributed by atoms with Crippen LogP contribution in [0.15, 0.2) is 36.4 Å². The molecular weight excluding hydrogens is 444 g/mol. The van der Waals surface area contributed by atoms with Gasteiger partial charge in [0.25, 0.3) is 5.69 Å². The second-order valence-corrected chi connectivity index (χ2v) is 9.16. The summed E-state index contributed by atoms with van der Waals surface area (Å²) in [4.78, 5) is 28.7. The third-order valence-corrected chi connectivity index (χ3v) is 6.96. The molecule has 0 radical (unpaired) electrons. The van der Waals surface area contributed by atoms with Crippen LogP contribution >= 0.6 is 11.6 Å². The number of methoxy groups -OCH3 is 1. The maximum Gasteiger partial charge on any atom is 0.269 e. The second-order valence-electron chi connectivity index (χ2n) is 8.72. The highest BCUT2D eigenvalue weighted by atomic mass is 35.5. The number of amides is 1. The van der Waals surface area contributed by atoms with Gasteiger partial charge in [0.05, 0.1) is 29.7 Å². The molecule has 2 aliphatic heterocycles. The van der Waals surface area contributed by atoms with Gasteiger partial charge in [-0.3, -0.25) is 14.9 Å². The van der Waals surface area contributed by atoms with Gasteiger partial charge in [0, 0.05) is 48.5 Å². The Morgan fingerprint density at radius 1 is 1.27 bits per heavy atom. The van der Waals surface area contributed by atoms with Crippen LogP contribution in [0.4, 0.5) is 17.1 Å². The number of non-ortho nitro benzene ring substituents is 1. The van der Waals surface area contributed by atoms with Gasteiger partial charge in [0.1, 0.15) is 5.75 Å². The quantitative estimate of drug-likeness (QED) is 0.504. The summed E-state index contributed by atoms with van der Waals surface area (Å²) in [5, 5.41) is 15.1. The molecule has 2 heterocycles. The molecule has 1 N–H and O–H groups in total. The van der Waals surface area contributed by atoms with Crippen LogP contribution in [0.25, 0.3) is 0 Å². The van der Waals surface area contributed by atoms with Crippen molar-refractivity contribution in [1.82, 2.24) is 5.32 Å². The lowest BCUT2D eigenvalue weighted by Crippen LogP contribution is -2.61. The van der Waals surface area contributed by atoms with Gasteiger partial charge < -0.3 is 19.9 Å². The lowest BCUT2D eigenvalue weighted by Gasteiger charge is -2.49. The third kappa shape index (κ3) is 4.57. The van der Waals surface area contributed by atoms with Gasteiger partial charge in [0.2, 0.25) is 5.91 Å². The molecule has 2 aliphatic rings. The van der Waals surface area contributed by atoms with E-state index >= 15 is 0 Å². The zero-order valence-corrected chi connectivity index (χ0v) is 19.8. The molecule has 0 saturated carbocycles. The summed E-state index contributed by atoms with van der Waals surface area (Å²) in [6, 6.07) is 10.5. The van der Waals surface area contributed by atoms with Crippen molar-refractivity contribution in [1.29, 1.82) is 0 Å². The molecule has 0 aromatic heterocycles. The molecule has 176 valence electrons. The van der Waals surface area contributed by atoms with Crippen LogP contribution in [0.1, 0.15) is 25.8 Å². The summed E-state index contributed by atoms with van der Waals surface area (Å²) in [5.74, 6) is 0.387.